The first kappa shape index (κ1) is 16.0. The molecule has 0 fully saturated rings. The molecule has 0 saturated heterocycles. The summed E-state index contributed by atoms with van der Waals surface area (Å²) in [5.74, 6) is -0.577. The molecule has 0 radical (unpaired) electrons. The van der Waals surface area contributed by atoms with E-state index in [1.165, 1.54) is 0 Å². The molecule has 122 valence electrons. The van der Waals surface area contributed by atoms with E-state index in [2.05, 4.69) is 10.3 Å². The molecule has 3 N–H and O–H groups in total. The maximum Gasteiger partial charge on any atom is 0.254 e. The Morgan fingerprint density at radius 3 is 2.96 bits per heavy atom. The Kier molecular flexibility index (Phi) is 4.13. The Morgan fingerprint density at radius 1 is 1.48 bits per heavy atom. The molecule has 1 aromatic carbocycles. The van der Waals surface area contributed by atoms with Gasteiger partial charge in [0.15, 0.2) is 5.16 Å². The standard InChI is InChI=1S/C13H13FN4O3S2/c14-11-2-1-9(23(15,20)21)5-10(11)12(19)16-6-8-7-18-3-4-22-13(18)17-8/h1-2,5,7H,3-4,6H2,(H,16,19)(H2,15,20,21). The second-order valence-electron chi connectivity index (χ2n) is 4.93. The van der Waals surface area contributed by atoms with Crippen LogP contribution in [0.5, 0.6) is 0 Å². The average Bonchev–Trinajstić information content (AvgIpc) is 3.05. The number of thioether (sulfide) groups is 1. The number of carbonyl (C=O) groups excluding carboxylic acids is 1. The second kappa shape index (κ2) is 5.95. The number of nitrogens with zero attached hydrogens (tertiary/aromatic N) is 2. The number of nitrogens with two attached hydrogens (primary N) is 1. The zero-order chi connectivity index (χ0) is 16.6. The molecule has 2 heterocycles. The van der Waals surface area contributed by atoms with Crippen LogP contribution in [0.2, 0.25) is 0 Å². The number of carbonyl (C=O) groups is 1. The molecule has 0 unspecified atom stereocenters. The number of primary sulfonamides is 1. The molecule has 1 aliphatic heterocycles. The van der Waals surface area contributed by atoms with Gasteiger partial charge in [0.1, 0.15) is 5.82 Å². The molecule has 10 heteroatoms. The summed E-state index contributed by atoms with van der Waals surface area (Å²) in [5, 5.41) is 8.39. The van der Waals surface area contributed by atoms with Gasteiger partial charge in [-0.15, -0.1) is 0 Å². The number of amides is 1. The van der Waals surface area contributed by atoms with Gasteiger partial charge in [-0.2, -0.15) is 0 Å². The van der Waals surface area contributed by atoms with Gasteiger partial charge in [0.05, 0.1) is 22.7 Å². The predicted molar refractivity (Wildman–Crippen MR) is 81.9 cm³/mol. The normalized spacial score (nSPS) is 13.8. The topological polar surface area (TPSA) is 107 Å². The van der Waals surface area contributed by atoms with Crippen LogP contribution in [0.3, 0.4) is 0 Å². The van der Waals surface area contributed by atoms with Gasteiger partial charge < -0.3 is 9.88 Å². The Labute approximate surface area is 136 Å². The molecule has 2 aromatic rings. The quantitative estimate of drug-likeness (QED) is 0.839. The molecule has 7 nitrogen and oxygen atoms in total. The van der Waals surface area contributed by atoms with E-state index < -0.39 is 21.7 Å². The van der Waals surface area contributed by atoms with Crippen molar-refractivity contribution >= 4 is 27.7 Å². The van der Waals surface area contributed by atoms with E-state index >= 15 is 0 Å². The van der Waals surface area contributed by atoms with Gasteiger partial charge in [-0.25, -0.2) is 22.9 Å². The Morgan fingerprint density at radius 2 is 2.26 bits per heavy atom. The zero-order valence-corrected chi connectivity index (χ0v) is 13.5. The highest BCUT2D eigenvalue weighted by molar-refractivity contribution is 7.99. The fraction of sp³-hybridized carbons (Fsp3) is 0.231. The molecule has 0 atom stereocenters. The summed E-state index contributed by atoms with van der Waals surface area (Å²) in [4.78, 5) is 16.1. The number of benzene rings is 1. The molecule has 0 bridgehead atoms. The summed E-state index contributed by atoms with van der Waals surface area (Å²) < 4.78 is 38.3. The van der Waals surface area contributed by atoms with Crippen molar-refractivity contribution in [2.24, 2.45) is 5.14 Å². The maximum atomic E-state index is 13.7. The minimum absolute atomic E-state index is 0.123. The van der Waals surface area contributed by atoms with Crippen LogP contribution < -0.4 is 10.5 Å². The minimum atomic E-state index is -4.01. The Balaban J connectivity index is 1.75. The van der Waals surface area contributed by atoms with Gasteiger partial charge in [0.25, 0.3) is 5.91 Å². The maximum absolute atomic E-state index is 13.7. The predicted octanol–water partition coefficient (Wildman–Crippen LogP) is 0.705. The van der Waals surface area contributed by atoms with Gasteiger partial charge in [0, 0.05) is 18.5 Å². The van der Waals surface area contributed by atoms with Crippen LogP contribution in [0.25, 0.3) is 0 Å². The Hall–Kier alpha value is -1.91. The lowest BCUT2D eigenvalue weighted by atomic mass is 10.2. The fourth-order valence-corrected chi connectivity index (χ4v) is 3.67. The lowest BCUT2D eigenvalue weighted by Crippen LogP contribution is -2.25. The summed E-state index contributed by atoms with van der Waals surface area (Å²) in [5.41, 5.74) is 0.279. The fourth-order valence-electron chi connectivity index (χ4n) is 2.17. The number of sulfonamides is 1. The lowest BCUT2D eigenvalue weighted by molar-refractivity contribution is 0.0946. The van der Waals surface area contributed by atoms with Gasteiger partial charge in [-0.3, -0.25) is 4.79 Å². The summed E-state index contributed by atoms with van der Waals surface area (Å²) in [6, 6.07) is 2.83. The third-order valence-corrected chi connectivity index (χ3v) is 5.18. The molecule has 1 aromatic heterocycles. The molecule has 3 rings (SSSR count). The highest BCUT2D eigenvalue weighted by Crippen LogP contribution is 2.24. The van der Waals surface area contributed by atoms with Crippen LogP contribution in [0.4, 0.5) is 4.39 Å². The van der Waals surface area contributed by atoms with Crippen molar-refractivity contribution < 1.29 is 17.6 Å². The highest BCUT2D eigenvalue weighted by Gasteiger charge is 2.18. The third-order valence-electron chi connectivity index (χ3n) is 3.29. The molecular weight excluding hydrogens is 343 g/mol. The number of imidazole rings is 1. The number of hydrogen-bond acceptors (Lipinski definition) is 5. The van der Waals surface area contributed by atoms with Crippen molar-refractivity contribution in [1.82, 2.24) is 14.9 Å². The van der Waals surface area contributed by atoms with E-state index in [0.29, 0.717) is 5.69 Å². The number of fused-ring (bicyclic) bond motifs is 1. The smallest absolute Gasteiger partial charge is 0.254 e. The highest BCUT2D eigenvalue weighted by atomic mass is 32.2. The van der Waals surface area contributed by atoms with E-state index in [1.54, 1.807) is 11.8 Å². The van der Waals surface area contributed by atoms with Gasteiger partial charge in [-0.1, -0.05) is 11.8 Å². The monoisotopic (exact) mass is 356 g/mol. The van der Waals surface area contributed by atoms with E-state index in [-0.39, 0.29) is 17.0 Å². The van der Waals surface area contributed by atoms with Crippen LogP contribution >= 0.6 is 11.8 Å². The summed E-state index contributed by atoms with van der Waals surface area (Å²) >= 11 is 1.63. The third kappa shape index (κ3) is 3.38. The number of hydrogen-bond donors (Lipinski definition) is 2. The first-order valence-corrected chi connectivity index (χ1v) is 9.17. The van der Waals surface area contributed by atoms with Crippen LogP contribution in [-0.2, 0) is 23.1 Å². The van der Waals surface area contributed by atoms with E-state index in [9.17, 15) is 17.6 Å². The Bertz CT molecular complexity index is 858. The summed E-state index contributed by atoms with van der Waals surface area (Å²) in [6.07, 6.45) is 1.83. The number of aryl methyl sites for hydroxylation is 1. The summed E-state index contributed by atoms with van der Waals surface area (Å²) in [7, 11) is -4.01. The van der Waals surface area contributed by atoms with Crippen molar-refractivity contribution in [3.8, 4) is 0 Å². The van der Waals surface area contributed by atoms with E-state index in [4.69, 9.17) is 5.14 Å². The van der Waals surface area contributed by atoms with Crippen molar-refractivity contribution in [3.63, 3.8) is 0 Å². The molecule has 23 heavy (non-hydrogen) atoms. The SMILES string of the molecule is NS(=O)(=O)c1ccc(F)c(C(=O)NCc2cn3c(n2)SCC3)c1. The molecule has 1 aliphatic rings. The molecule has 1 amide bonds. The number of nitrogens with one attached hydrogen (secondary N) is 1. The lowest BCUT2D eigenvalue weighted by Gasteiger charge is -2.06. The molecule has 0 spiro atoms. The molecule has 0 saturated carbocycles. The number of halogens is 1. The first-order chi connectivity index (χ1) is 10.8. The van der Waals surface area contributed by atoms with Crippen LogP contribution in [-0.4, -0.2) is 29.6 Å². The van der Waals surface area contributed by atoms with Gasteiger partial charge in [-0.05, 0) is 18.2 Å². The second-order valence-corrected chi connectivity index (χ2v) is 7.55. The average molecular weight is 356 g/mol. The zero-order valence-electron chi connectivity index (χ0n) is 11.8. The minimum Gasteiger partial charge on any atom is -0.346 e. The first-order valence-electron chi connectivity index (χ1n) is 6.64. The van der Waals surface area contributed by atoms with Crippen LogP contribution in [0, 0.1) is 5.82 Å². The van der Waals surface area contributed by atoms with Crippen LogP contribution in [0.15, 0.2) is 34.4 Å². The van der Waals surface area contributed by atoms with Crippen molar-refractivity contribution in [1.29, 1.82) is 0 Å². The summed E-state index contributed by atoms with van der Waals surface area (Å²) in [6.45, 7) is 0.990. The van der Waals surface area contributed by atoms with Crippen LogP contribution in [0.1, 0.15) is 16.1 Å². The number of rotatable bonds is 4. The molecular formula is C13H13FN4O3S2. The number of aromatic nitrogens is 2. The van der Waals surface area contributed by atoms with Gasteiger partial charge >= 0.3 is 0 Å². The van der Waals surface area contributed by atoms with E-state index in [1.807, 2.05) is 10.8 Å². The van der Waals surface area contributed by atoms with Crippen molar-refractivity contribution in [2.45, 2.75) is 23.1 Å². The molecule has 0 aliphatic carbocycles. The van der Waals surface area contributed by atoms with Crippen molar-refractivity contribution in [3.05, 3.63) is 41.5 Å². The van der Waals surface area contributed by atoms with E-state index in [0.717, 1.165) is 35.7 Å². The van der Waals surface area contributed by atoms with Gasteiger partial charge in [0.2, 0.25) is 10.0 Å². The van der Waals surface area contributed by atoms with Crippen molar-refractivity contribution in [2.75, 3.05) is 5.75 Å². The largest absolute Gasteiger partial charge is 0.346 e.